The van der Waals surface area contributed by atoms with Crippen LogP contribution in [0.3, 0.4) is 0 Å². The second-order valence-corrected chi connectivity index (χ2v) is 9.13. The Morgan fingerprint density at radius 3 is 2.70 bits per heavy atom. The molecule has 3 aliphatic heterocycles. The number of hydrogen-bond donors (Lipinski definition) is 1. The molecule has 7 heteroatoms. The fourth-order valence-corrected chi connectivity index (χ4v) is 5.27. The molecular formula is C23H32FN3O3. The van der Waals surface area contributed by atoms with Crippen LogP contribution < -0.4 is 5.32 Å². The summed E-state index contributed by atoms with van der Waals surface area (Å²) in [5, 5.41) is 3.17. The summed E-state index contributed by atoms with van der Waals surface area (Å²) in [7, 11) is 1.69. The Morgan fingerprint density at radius 1 is 1.27 bits per heavy atom. The average molecular weight is 418 g/mol. The van der Waals surface area contributed by atoms with Crippen LogP contribution in [0.25, 0.3) is 0 Å². The molecule has 30 heavy (non-hydrogen) atoms. The van der Waals surface area contributed by atoms with E-state index in [1.807, 2.05) is 0 Å². The number of likely N-dealkylation sites (tertiary alicyclic amines) is 2. The fourth-order valence-electron chi connectivity index (χ4n) is 5.27. The van der Waals surface area contributed by atoms with Crippen LogP contribution in [-0.4, -0.2) is 68.1 Å². The molecule has 0 spiro atoms. The van der Waals surface area contributed by atoms with Gasteiger partial charge in [-0.25, -0.2) is 4.39 Å². The van der Waals surface area contributed by atoms with E-state index in [2.05, 4.69) is 10.2 Å². The highest BCUT2D eigenvalue weighted by Crippen LogP contribution is 2.38. The Balaban J connectivity index is 1.46. The summed E-state index contributed by atoms with van der Waals surface area (Å²) >= 11 is 0. The van der Waals surface area contributed by atoms with Gasteiger partial charge in [0.25, 0.3) is 0 Å². The van der Waals surface area contributed by atoms with Gasteiger partial charge >= 0.3 is 0 Å². The third-order valence-corrected chi connectivity index (χ3v) is 7.06. The minimum atomic E-state index is -0.507. The van der Waals surface area contributed by atoms with Crippen molar-refractivity contribution in [2.45, 2.75) is 38.1 Å². The summed E-state index contributed by atoms with van der Waals surface area (Å²) in [5.74, 6) is -1.06. The number of amides is 2. The van der Waals surface area contributed by atoms with E-state index in [9.17, 15) is 14.0 Å². The maximum atomic E-state index is 13.8. The van der Waals surface area contributed by atoms with Crippen molar-refractivity contribution in [1.82, 2.24) is 15.1 Å². The molecule has 4 rings (SSSR count). The average Bonchev–Trinajstić information content (AvgIpc) is 3.35. The Hall–Kier alpha value is -1.99. The first kappa shape index (κ1) is 21.2. The molecule has 1 aromatic rings. The topological polar surface area (TPSA) is 61.9 Å². The quantitative estimate of drug-likeness (QED) is 0.772. The van der Waals surface area contributed by atoms with Gasteiger partial charge in [0.1, 0.15) is 5.82 Å². The van der Waals surface area contributed by atoms with E-state index >= 15 is 0 Å². The summed E-state index contributed by atoms with van der Waals surface area (Å²) in [5.41, 5.74) is 0.683. The van der Waals surface area contributed by atoms with Gasteiger partial charge in [-0.1, -0.05) is 12.1 Å². The Labute approximate surface area is 177 Å². The molecule has 0 radical (unpaired) electrons. The van der Waals surface area contributed by atoms with Gasteiger partial charge < -0.3 is 19.9 Å². The first-order valence-corrected chi connectivity index (χ1v) is 11.1. The molecule has 3 heterocycles. The van der Waals surface area contributed by atoms with E-state index in [0.717, 1.165) is 45.7 Å². The van der Waals surface area contributed by atoms with E-state index in [0.29, 0.717) is 12.1 Å². The molecule has 0 saturated carbocycles. The molecule has 2 amide bonds. The molecule has 0 bridgehead atoms. The fraction of sp³-hybridized carbons (Fsp3) is 0.652. The molecular weight excluding hydrogens is 385 g/mol. The number of carbonyl (C=O) groups is 2. The molecule has 3 saturated heterocycles. The van der Waals surface area contributed by atoms with Crippen LogP contribution in [0.5, 0.6) is 0 Å². The van der Waals surface area contributed by atoms with Crippen molar-refractivity contribution in [3.63, 3.8) is 0 Å². The zero-order chi connectivity index (χ0) is 21.1. The number of rotatable bonds is 6. The lowest BCUT2D eigenvalue weighted by Gasteiger charge is -2.40. The Morgan fingerprint density at radius 2 is 2.00 bits per heavy atom. The molecule has 3 fully saturated rings. The molecule has 0 aliphatic carbocycles. The van der Waals surface area contributed by atoms with Crippen molar-refractivity contribution in [3.8, 4) is 0 Å². The van der Waals surface area contributed by atoms with E-state index in [-0.39, 0.29) is 29.5 Å². The van der Waals surface area contributed by atoms with Crippen LogP contribution in [-0.2, 0) is 14.3 Å². The predicted molar refractivity (Wildman–Crippen MR) is 111 cm³/mol. The Kier molecular flexibility index (Phi) is 6.39. The first-order chi connectivity index (χ1) is 14.5. The van der Waals surface area contributed by atoms with Crippen LogP contribution in [0.4, 0.5) is 4.39 Å². The number of benzene rings is 1. The number of halogens is 1. The Bertz CT molecular complexity index is 775. The van der Waals surface area contributed by atoms with Gasteiger partial charge in [0.2, 0.25) is 11.8 Å². The summed E-state index contributed by atoms with van der Waals surface area (Å²) in [6, 6.07) is 5.79. The van der Waals surface area contributed by atoms with Crippen LogP contribution in [0, 0.1) is 17.2 Å². The smallest absolute Gasteiger partial charge is 0.226 e. The van der Waals surface area contributed by atoms with Gasteiger partial charge in [-0.2, -0.15) is 0 Å². The van der Waals surface area contributed by atoms with Crippen LogP contribution >= 0.6 is 0 Å². The first-order valence-electron chi connectivity index (χ1n) is 11.1. The molecule has 164 valence electrons. The van der Waals surface area contributed by atoms with Crippen molar-refractivity contribution in [2.75, 3.05) is 46.4 Å². The molecule has 1 N–H and O–H groups in total. The SMILES string of the molecule is CN1C(=O)CC(C(=O)NCC2(CN3CCCC3)CCOCC2)C1c1cccc(F)c1. The second kappa shape index (κ2) is 9.02. The van der Waals surface area contributed by atoms with E-state index < -0.39 is 12.0 Å². The summed E-state index contributed by atoms with van der Waals surface area (Å²) in [6.45, 7) is 5.27. The standard InChI is InChI=1S/C23H32FN3O3/c1-26-20(28)14-19(21(26)17-5-4-6-18(24)13-17)22(29)25-15-23(7-11-30-12-8-23)16-27-9-2-3-10-27/h4-6,13,19,21H,2-3,7-12,14-16H2,1H3,(H,25,29). The third kappa shape index (κ3) is 4.52. The number of nitrogens with zero attached hydrogens (tertiary/aromatic N) is 2. The zero-order valence-corrected chi connectivity index (χ0v) is 17.7. The monoisotopic (exact) mass is 417 g/mol. The van der Waals surface area contributed by atoms with Gasteiger partial charge in [0.05, 0.1) is 12.0 Å². The van der Waals surface area contributed by atoms with E-state index in [1.54, 1.807) is 24.1 Å². The number of hydrogen-bond acceptors (Lipinski definition) is 4. The van der Waals surface area contributed by atoms with E-state index in [1.165, 1.54) is 25.0 Å². The van der Waals surface area contributed by atoms with Gasteiger partial charge in [-0.05, 0) is 56.5 Å². The number of nitrogens with one attached hydrogen (secondary N) is 1. The lowest BCUT2D eigenvalue weighted by Crippen LogP contribution is -2.49. The third-order valence-electron chi connectivity index (χ3n) is 7.06. The second-order valence-electron chi connectivity index (χ2n) is 9.13. The van der Waals surface area contributed by atoms with Gasteiger partial charge in [0, 0.05) is 45.2 Å². The molecule has 2 atom stereocenters. The summed E-state index contributed by atoms with van der Waals surface area (Å²) in [4.78, 5) is 29.7. The van der Waals surface area contributed by atoms with Crippen molar-refractivity contribution in [2.24, 2.45) is 11.3 Å². The molecule has 1 aromatic carbocycles. The van der Waals surface area contributed by atoms with Crippen molar-refractivity contribution >= 4 is 11.8 Å². The van der Waals surface area contributed by atoms with Crippen molar-refractivity contribution < 1.29 is 18.7 Å². The minimum absolute atomic E-state index is 0.0150. The summed E-state index contributed by atoms with van der Waals surface area (Å²) in [6.07, 6.45) is 4.50. The van der Waals surface area contributed by atoms with Crippen molar-refractivity contribution in [3.05, 3.63) is 35.6 Å². The lowest BCUT2D eigenvalue weighted by molar-refractivity contribution is -0.128. The maximum absolute atomic E-state index is 13.8. The number of carbonyl (C=O) groups excluding carboxylic acids is 2. The van der Waals surface area contributed by atoms with Crippen LogP contribution in [0.2, 0.25) is 0 Å². The maximum Gasteiger partial charge on any atom is 0.226 e. The molecule has 3 aliphatic rings. The number of ether oxygens (including phenoxy) is 1. The molecule has 6 nitrogen and oxygen atoms in total. The van der Waals surface area contributed by atoms with Gasteiger partial charge in [-0.3, -0.25) is 9.59 Å². The normalized spacial score (nSPS) is 26.9. The molecule has 0 aromatic heterocycles. The van der Waals surface area contributed by atoms with Gasteiger partial charge in [0.15, 0.2) is 0 Å². The summed E-state index contributed by atoms with van der Waals surface area (Å²) < 4.78 is 19.4. The van der Waals surface area contributed by atoms with Crippen LogP contribution in [0.15, 0.2) is 24.3 Å². The van der Waals surface area contributed by atoms with Crippen LogP contribution in [0.1, 0.15) is 43.7 Å². The predicted octanol–water partition coefficient (Wildman–Crippen LogP) is 2.35. The highest BCUT2D eigenvalue weighted by molar-refractivity contribution is 5.90. The minimum Gasteiger partial charge on any atom is -0.381 e. The van der Waals surface area contributed by atoms with Gasteiger partial charge in [-0.15, -0.1) is 0 Å². The zero-order valence-electron chi connectivity index (χ0n) is 17.7. The van der Waals surface area contributed by atoms with E-state index in [4.69, 9.17) is 4.74 Å². The lowest BCUT2D eigenvalue weighted by atomic mass is 9.79. The van der Waals surface area contributed by atoms with Crippen molar-refractivity contribution in [1.29, 1.82) is 0 Å². The highest BCUT2D eigenvalue weighted by atomic mass is 19.1. The molecule has 2 unspecified atom stereocenters. The highest BCUT2D eigenvalue weighted by Gasteiger charge is 2.44. The largest absolute Gasteiger partial charge is 0.381 e.